The molecule has 0 spiro atoms. The number of anilines is 1. The molecule has 13 heteroatoms. The minimum atomic E-state index is -0.145. The molecule has 34 heavy (non-hydrogen) atoms. The fourth-order valence-electron chi connectivity index (χ4n) is 4.39. The highest BCUT2D eigenvalue weighted by Crippen LogP contribution is 2.32. The van der Waals surface area contributed by atoms with Crippen molar-refractivity contribution in [2.45, 2.75) is 44.7 Å². The van der Waals surface area contributed by atoms with Crippen molar-refractivity contribution < 1.29 is 4.79 Å². The largest absolute Gasteiger partial charge is 0.383 e. The molecule has 2 atom stereocenters. The highest BCUT2D eigenvalue weighted by atomic mass is 79.9. The molecule has 5 heterocycles. The van der Waals surface area contributed by atoms with Crippen LogP contribution in [0.3, 0.4) is 0 Å². The molecule has 0 radical (unpaired) electrons. The molecule has 0 aliphatic carbocycles. The minimum Gasteiger partial charge on any atom is -0.383 e. The predicted molar refractivity (Wildman–Crippen MR) is 124 cm³/mol. The van der Waals surface area contributed by atoms with Crippen LogP contribution in [-0.4, -0.2) is 62.6 Å². The van der Waals surface area contributed by atoms with Crippen LogP contribution >= 0.6 is 15.9 Å². The van der Waals surface area contributed by atoms with Crippen LogP contribution in [0.5, 0.6) is 0 Å². The molecule has 5 rings (SSSR count). The van der Waals surface area contributed by atoms with E-state index in [-0.39, 0.29) is 29.6 Å². The van der Waals surface area contributed by atoms with E-state index in [9.17, 15) is 4.79 Å². The van der Waals surface area contributed by atoms with E-state index in [4.69, 9.17) is 16.0 Å². The fourth-order valence-corrected chi connectivity index (χ4v) is 4.85. The van der Waals surface area contributed by atoms with E-state index in [1.54, 1.807) is 23.1 Å². The molecule has 1 amide bonds. The highest BCUT2D eigenvalue weighted by Gasteiger charge is 2.36. The molecule has 172 valence electrons. The van der Waals surface area contributed by atoms with E-state index >= 15 is 0 Å². The van der Waals surface area contributed by atoms with Gasteiger partial charge >= 0.3 is 0 Å². The molecule has 1 aliphatic rings. The van der Waals surface area contributed by atoms with Crippen LogP contribution in [0.1, 0.15) is 48.3 Å². The summed E-state index contributed by atoms with van der Waals surface area (Å²) in [5.41, 5.74) is 9.09. The molecule has 1 aliphatic heterocycles. The Kier molecular flexibility index (Phi) is 5.66. The van der Waals surface area contributed by atoms with E-state index in [0.29, 0.717) is 33.5 Å². The van der Waals surface area contributed by atoms with Gasteiger partial charge in [0.2, 0.25) is 11.6 Å². The van der Waals surface area contributed by atoms with E-state index in [2.05, 4.69) is 46.2 Å². The quantitative estimate of drug-likeness (QED) is 0.399. The lowest BCUT2D eigenvalue weighted by atomic mass is 10.1. The van der Waals surface area contributed by atoms with Gasteiger partial charge < -0.3 is 10.6 Å². The molecule has 1 fully saturated rings. The SMILES string of the molecule is C[C@@H]1CC[C@H](CCc2nc3c(-c4cnc(C#N)nc4)cnn3c(N)c2Br)N1C(=O)c1ncn[nH]1. The summed E-state index contributed by atoms with van der Waals surface area (Å²) in [6, 6.07) is 2.07. The summed E-state index contributed by atoms with van der Waals surface area (Å²) in [5.74, 6) is 0.618. The van der Waals surface area contributed by atoms with Crippen molar-refractivity contribution in [2.75, 3.05) is 5.73 Å². The molecule has 3 N–H and O–H groups in total. The van der Waals surface area contributed by atoms with Gasteiger partial charge in [-0.25, -0.2) is 19.9 Å². The maximum Gasteiger partial charge on any atom is 0.291 e. The molecule has 1 saturated heterocycles. The van der Waals surface area contributed by atoms with Crippen molar-refractivity contribution in [1.29, 1.82) is 5.26 Å². The lowest BCUT2D eigenvalue weighted by Crippen LogP contribution is -2.40. The normalized spacial score (nSPS) is 17.9. The standard InChI is InChI=1S/C21H20BrN11O/c1-11-2-3-13(32(11)21(34)19-27-10-28-31-19)4-5-15-17(22)18(24)33-20(30-15)14(9-29-33)12-7-25-16(6-23)26-8-12/h7-11,13H,2-5,24H2,1H3,(H,27,28,31)/t11-,13-/m1/s1. The van der Waals surface area contributed by atoms with Crippen LogP contribution in [0.4, 0.5) is 5.82 Å². The highest BCUT2D eigenvalue weighted by molar-refractivity contribution is 9.10. The van der Waals surface area contributed by atoms with Crippen LogP contribution in [0.15, 0.2) is 29.4 Å². The Hall–Kier alpha value is -3.92. The summed E-state index contributed by atoms with van der Waals surface area (Å²) in [7, 11) is 0. The third kappa shape index (κ3) is 3.75. The van der Waals surface area contributed by atoms with Crippen LogP contribution in [0.2, 0.25) is 0 Å². The van der Waals surface area contributed by atoms with Crippen molar-refractivity contribution in [3.63, 3.8) is 0 Å². The number of nitrogens with zero attached hydrogens (tertiary/aromatic N) is 9. The molecular formula is C21H20BrN11O. The maximum absolute atomic E-state index is 13.0. The Balaban J connectivity index is 1.43. The van der Waals surface area contributed by atoms with Crippen molar-refractivity contribution in [3.8, 4) is 17.2 Å². The summed E-state index contributed by atoms with van der Waals surface area (Å²) >= 11 is 3.57. The molecule has 0 bridgehead atoms. The number of carbonyl (C=O) groups is 1. The number of hydrogen-bond acceptors (Lipinski definition) is 9. The van der Waals surface area contributed by atoms with Gasteiger partial charge in [0, 0.05) is 35.6 Å². The molecule has 4 aromatic rings. The fraction of sp³-hybridized carbons (Fsp3) is 0.333. The number of H-pyrrole nitrogens is 1. The Labute approximate surface area is 202 Å². The monoisotopic (exact) mass is 521 g/mol. The van der Waals surface area contributed by atoms with E-state index in [0.717, 1.165) is 25.0 Å². The zero-order valence-corrected chi connectivity index (χ0v) is 19.8. The maximum atomic E-state index is 13.0. The van der Waals surface area contributed by atoms with Crippen LogP contribution < -0.4 is 5.73 Å². The van der Waals surface area contributed by atoms with Gasteiger partial charge in [-0.1, -0.05) is 0 Å². The number of aromatic nitrogens is 8. The van der Waals surface area contributed by atoms with Gasteiger partial charge in [0.1, 0.15) is 18.2 Å². The molecule has 4 aromatic heterocycles. The average molecular weight is 522 g/mol. The van der Waals surface area contributed by atoms with Gasteiger partial charge in [-0.2, -0.15) is 20.0 Å². The topological polar surface area (TPSA) is 168 Å². The number of nitrogen functional groups attached to an aromatic ring is 1. The Morgan fingerprint density at radius 2 is 2.09 bits per heavy atom. The predicted octanol–water partition coefficient (Wildman–Crippen LogP) is 2.15. The molecule has 12 nitrogen and oxygen atoms in total. The first-order chi connectivity index (χ1) is 16.5. The van der Waals surface area contributed by atoms with Crippen molar-refractivity contribution in [2.24, 2.45) is 0 Å². The molecule has 0 saturated carbocycles. The molecule has 0 aromatic carbocycles. The third-order valence-electron chi connectivity index (χ3n) is 6.11. The summed E-state index contributed by atoms with van der Waals surface area (Å²) in [5, 5.41) is 19.8. The number of aromatic amines is 1. The number of hydrogen-bond donors (Lipinski definition) is 2. The number of amides is 1. The van der Waals surface area contributed by atoms with E-state index in [1.165, 1.54) is 6.33 Å². The first-order valence-corrected chi connectivity index (χ1v) is 11.5. The second-order valence-electron chi connectivity index (χ2n) is 8.12. The average Bonchev–Trinajstić information content (AvgIpc) is 3.60. The van der Waals surface area contributed by atoms with Crippen molar-refractivity contribution >= 4 is 33.3 Å². The number of rotatable bonds is 5. The lowest BCUT2D eigenvalue weighted by Gasteiger charge is -2.27. The lowest BCUT2D eigenvalue weighted by molar-refractivity contribution is 0.0660. The number of aryl methyl sites for hydroxylation is 1. The summed E-state index contributed by atoms with van der Waals surface area (Å²) in [4.78, 5) is 31.8. The first-order valence-electron chi connectivity index (χ1n) is 10.7. The van der Waals surface area contributed by atoms with Crippen LogP contribution in [-0.2, 0) is 6.42 Å². The van der Waals surface area contributed by atoms with Gasteiger partial charge in [-0.3, -0.25) is 9.89 Å². The van der Waals surface area contributed by atoms with Gasteiger partial charge in [-0.15, -0.1) is 0 Å². The van der Waals surface area contributed by atoms with Gasteiger partial charge in [-0.05, 0) is 48.5 Å². The number of likely N-dealkylation sites (tertiary alicyclic amines) is 1. The van der Waals surface area contributed by atoms with Gasteiger partial charge in [0.05, 0.1) is 16.4 Å². The van der Waals surface area contributed by atoms with E-state index in [1.807, 2.05) is 17.9 Å². The number of nitriles is 1. The third-order valence-corrected chi connectivity index (χ3v) is 6.97. The summed E-state index contributed by atoms with van der Waals surface area (Å²) < 4.78 is 2.23. The van der Waals surface area contributed by atoms with Gasteiger partial charge in [0.25, 0.3) is 5.91 Å². The number of nitrogens with two attached hydrogens (primary N) is 1. The second-order valence-corrected chi connectivity index (χ2v) is 8.92. The number of fused-ring (bicyclic) bond motifs is 1. The summed E-state index contributed by atoms with van der Waals surface area (Å²) in [6.07, 6.45) is 9.26. The Bertz CT molecular complexity index is 1390. The number of carbonyl (C=O) groups excluding carboxylic acids is 1. The van der Waals surface area contributed by atoms with Crippen LogP contribution in [0.25, 0.3) is 16.8 Å². The van der Waals surface area contributed by atoms with Crippen molar-refractivity contribution in [1.82, 2.24) is 44.6 Å². The van der Waals surface area contributed by atoms with E-state index < -0.39 is 0 Å². The Morgan fingerprint density at radius 3 is 2.79 bits per heavy atom. The Morgan fingerprint density at radius 1 is 1.29 bits per heavy atom. The molecule has 0 unspecified atom stereocenters. The zero-order valence-electron chi connectivity index (χ0n) is 18.2. The summed E-state index contributed by atoms with van der Waals surface area (Å²) in [6.45, 7) is 2.05. The number of halogens is 1. The first kappa shape index (κ1) is 21.9. The number of nitrogens with one attached hydrogen (secondary N) is 1. The van der Waals surface area contributed by atoms with Crippen molar-refractivity contribution in [3.05, 3.63) is 46.7 Å². The zero-order chi connectivity index (χ0) is 23.8. The molecular weight excluding hydrogens is 502 g/mol. The van der Waals surface area contributed by atoms with Gasteiger partial charge in [0.15, 0.2) is 5.65 Å². The second kappa shape index (κ2) is 8.79. The smallest absolute Gasteiger partial charge is 0.291 e. The van der Waals surface area contributed by atoms with Crippen LogP contribution in [0, 0.1) is 11.3 Å². The minimum absolute atomic E-state index is 0.0510.